The molecule has 0 aliphatic carbocycles. The summed E-state index contributed by atoms with van der Waals surface area (Å²) in [5.41, 5.74) is -0.935. The summed E-state index contributed by atoms with van der Waals surface area (Å²) in [5.74, 6) is -2.50. The number of carbonyl (C=O) groups excluding carboxylic acids is 1. The quantitative estimate of drug-likeness (QED) is 0.812. The maximum absolute atomic E-state index is 13.3. The van der Waals surface area contributed by atoms with E-state index in [1.165, 1.54) is 10.9 Å². The second kappa shape index (κ2) is 6.44. The average molecular weight is 324 g/mol. The first-order chi connectivity index (χ1) is 10.7. The van der Waals surface area contributed by atoms with Gasteiger partial charge in [-0.2, -0.15) is 0 Å². The molecular weight excluding hydrogens is 306 g/mol. The van der Waals surface area contributed by atoms with Gasteiger partial charge in [-0.1, -0.05) is 0 Å². The highest BCUT2D eigenvalue weighted by Gasteiger charge is 2.16. The van der Waals surface area contributed by atoms with Crippen molar-refractivity contribution in [3.8, 4) is 0 Å². The van der Waals surface area contributed by atoms with Gasteiger partial charge in [0, 0.05) is 19.0 Å². The minimum atomic E-state index is -1.09. The Labute approximate surface area is 131 Å². The highest BCUT2D eigenvalue weighted by Crippen LogP contribution is 2.13. The van der Waals surface area contributed by atoms with Gasteiger partial charge in [0.15, 0.2) is 11.6 Å². The number of nitrogens with zero attached hydrogens (tertiary/aromatic N) is 2. The molecule has 0 unspecified atom stereocenters. The Kier molecular flexibility index (Phi) is 4.77. The second-order valence-electron chi connectivity index (χ2n) is 6.22. The minimum Gasteiger partial charge on any atom is -0.460 e. The third-order valence-electron chi connectivity index (χ3n) is 3.07. The zero-order chi connectivity index (χ0) is 17.2. The lowest BCUT2D eigenvalue weighted by Gasteiger charge is -2.19. The third-order valence-corrected chi connectivity index (χ3v) is 3.07. The van der Waals surface area contributed by atoms with E-state index in [2.05, 4.69) is 4.98 Å². The van der Waals surface area contributed by atoms with Crippen molar-refractivity contribution in [2.75, 3.05) is 0 Å². The molecule has 2 aromatic rings. The molecule has 0 N–H and O–H groups in total. The van der Waals surface area contributed by atoms with Gasteiger partial charge in [0.05, 0.1) is 17.2 Å². The van der Waals surface area contributed by atoms with Crippen molar-refractivity contribution in [3.05, 3.63) is 40.4 Å². The number of halogens is 2. The van der Waals surface area contributed by atoms with Crippen molar-refractivity contribution in [2.24, 2.45) is 0 Å². The first-order valence-electron chi connectivity index (χ1n) is 7.23. The number of fused-ring (bicyclic) bond motifs is 1. The first kappa shape index (κ1) is 17.1. The standard InChI is InChI=1S/C16H18F2N2O3/c1-16(2,3)23-14(21)5-4-6-20-9-19-13-8-12(18)11(17)7-10(13)15(20)22/h7-9H,4-6H2,1-3H3. The van der Waals surface area contributed by atoms with E-state index < -0.39 is 22.8 Å². The zero-order valence-electron chi connectivity index (χ0n) is 13.2. The van der Waals surface area contributed by atoms with Crippen LogP contribution in [0.4, 0.5) is 8.78 Å². The molecule has 1 aromatic carbocycles. The largest absolute Gasteiger partial charge is 0.460 e. The fourth-order valence-corrected chi connectivity index (χ4v) is 2.10. The molecule has 0 saturated carbocycles. The highest BCUT2D eigenvalue weighted by atomic mass is 19.2. The van der Waals surface area contributed by atoms with Gasteiger partial charge in [-0.05, 0) is 33.3 Å². The second-order valence-corrected chi connectivity index (χ2v) is 6.22. The van der Waals surface area contributed by atoms with Crippen LogP contribution in [-0.2, 0) is 16.1 Å². The summed E-state index contributed by atoms with van der Waals surface area (Å²) in [5, 5.41) is 0.00340. The maximum atomic E-state index is 13.3. The predicted octanol–water partition coefficient (Wildman–Crippen LogP) is 2.80. The number of benzene rings is 1. The van der Waals surface area contributed by atoms with Crippen LogP contribution in [0.5, 0.6) is 0 Å². The summed E-state index contributed by atoms with van der Waals surface area (Å²) in [6, 6.07) is 1.72. The molecule has 0 saturated heterocycles. The first-order valence-corrected chi connectivity index (χ1v) is 7.23. The Morgan fingerprint density at radius 3 is 2.57 bits per heavy atom. The number of ether oxygens (including phenoxy) is 1. The normalized spacial score (nSPS) is 11.7. The van der Waals surface area contributed by atoms with Crippen LogP contribution in [0, 0.1) is 11.6 Å². The van der Waals surface area contributed by atoms with Crippen molar-refractivity contribution < 1.29 is 18.3 Å². The van der Waals surface area contributed by atoms with E-state index >= 15 is 0 Å². The number of rotatable bonds is 4. The lowest BCUT2D eigenvalue weighted by Crippen LogP contribution is -2.25. The molecule has 2 rings (SSSR count). The van der Waals surface area contributed by atoms with Crippen molar-refractivity contribution in [1.29, 1.82) is 0 Å². The number of hydrogen-bond donors (Lipinski definition) is 0. The molecule has 0 bridgehead atoms. The van der Waals surface area contributed by atoms with E-state index in [0.29, 0.717) is 6.42 Å². The van der Waals surface area contributed by atoms with Gasteiger partial charge in [0.1, 0.15) is 5.60 Å². The summed E-state index contributed by atoms with van der Waals surface area (Å²) in [6.45, 7) is 5.56. The SMILES string of the molecule is CC(C)(C)OC(=O)CCCn1cnc2cc(F)c(F)cc2c1=O. The zero-order valence-corrected chi connectivity index (χ0v) is 13.2. The summed E-state index contributed by atoms with van der Waals surface area (Å²) >= 11 is 0. The maximum Gasteiger partial charge on any atom is 0.306 e. The molecule has 0 radical (unpaired) electrons. The van der Waals surface area contributed by atoms with Gasteiger partial charge in [-0.3, -0.25) is 14.2 Å². The number of carbonyl (C=O) groups is 1. The topological polar surface area (TPSA) is 61.2 Å². The molecule has 124 valence electrons. The fraction of sp³-hybridized carbons (Fsp3) is 0.438. The number of esters is 1. The molecule has 5 nitrogen and oxygen atoms in total. The smallest absolute Gasteiger partial charge is 0.306 e. The summed E-state index contributed by atoms with van der Waals surface area (Å²) in [4.78, 5) is 27.8. The molecule has 1 aromatic heterocycles. The molecule has 0 spiro atoms. The summed E-state index contributed by atoms with van der Waals surface area (Å²) < 4.78 is 32.8. The number of hydrogen-bond acceptors (Lipinski definition) is 4. The van der Waals surface area contributed by atoms with E-state index in [1.807, 2.05) is 0 Å². The van der Waals surface area contributed by atoms with Gasteiger partial charge in [0.25, 0.3) is 5.56 Å². The number of aryl methyl sites for hydroxylation is 1. The molecule has 0 fully saturated rings. The van der Waals surface area contributed by atoms with E-state index in [9.17, 15) is 18.4 Å². The Morgan fingerprint density at radius 1 is 1.26 bits per heavy atom. The van der Waals surface area contributed by atoms with E-state index in [1.54, 1.807) is 20.8 Å². The highest BCUT2D eigenvalue weighted by molar-refractivity contribution is 5.77. The monoisotopic (exact) mass is 324 g/mol. The van der Waals surface area contributed by atoms with Crippen molar-refractivity contribution in [1.82, 2.24) is 9.55 Å². The molecule has 1 heterocycles. The van der Waals surface area contributed by atoms with Gasteiger partial charge in [-0.15, -0.1) is 0 Å². The minimum absolute atomic E-state index is 0.00340. The summed E-state index contributed by atoms with van der Waals surface area (Å²) in [7, 11) is 0. The number of aromatic nitrogens is 2. The molecule has 23 heavy (non-hydrogen) atoms. The van der Waals surface area contributed by atoms with Crippen LogP contribution in [0.2, 0.25) is 0 Å². The van der Waals surface area contributed by atoms with E-state index in [0.717, 1.165) is 12.1 Å². The van der Waals surface area contributed by atoms with Crippen molar-refractivity contribution in [2.45, 2.75) is 45.8 Å². The lowest BCUT2D eigenvalue weighted by molar-refractivity contribution is -0.154. The van der Waals surface area contributed by atoms with Crippen LogP contribution in [0.1, 0.15) is 33.6 Å². The van der Waals surface area contributed by atoms with Gasteiger partial charge >= 0.3 is 5.97 Å². The van der Waals surface area contributed by atoms with Crippen LogP contribution in [0.25, 0.3) is 10.9 Å². The van der Waals surface area contributed by atoms with Crippen molar-refractivity contribution in [3.63, 3.8) is 0 Å². The van der Waals surface area contributed by atoms with Gasteiger partial charge in [-0.25, -0.2) is 13.8 Å². The third kappa shape index (κ3) is 4.34. The van der Waals surface area contributed by atoms with Gasteiger partial charge in [0.2, 0.25) is 0 Å². The summed E-state index contributed by atoms with van der Waals surface area (Å²) in [6.07, 6.45) is 1.79. The van der Waals surface area contributed by atoms with Crippen molar-refractivity contribution >= 4 is 16.9 Å². The van der Waals surface area contributed by atoms with E-state index in [4.69, 9.17) is 4.74 Å². The Balaban J connectivity index is 2.10. The molecule has 0 amide bonds. The Bertz CT molecular complexity index is 794. The van der Waals surface area contributed by atoms with Crippen LogP contribution in [-0.4, -0.2) is 21.1 Å². The lowest BCUT2D eigenvalue weighted by atomic mass is 10.2. The molecule has 7 heteroatoms. The molecular formula is C16H18F2N2O3. The molecule has 0 aliphatic heterocycles. The van der Waals surface area contributed by atoms with Crippen LogP contribution >= 0.6 is 0 Å². The Hall–Kier alpha value is -2.31. The van der Waals surface area contributed by atoms with Crippen LogP contribution < -0.4 is 5.56 Å². The molecule has 0 aliphatic rings. The Morgan fingerprint density at radius 2 is 1.91 bits per heavy atom. The predicted molar refractivity (Wildman–Crippen MR) is 81.0 cm³/mol. The molecule has 0 atom stereocenters. The van der Waals surface area contributed by atoms with Crippen LogP contribution in [0.15, 0.2) is 23.3 Å². The van der Waals surface area contributed by atoms with Crippen LogP contribution in [0.3, 0.4) is 0 Å². The average Bonchev–Trinajstić information content (AvgIpc) is 2.42. The van der Waals surface area contributed by atoms with Gasteiger partial charge < -0.3 is 4.74 Å². The fourth-order valence-electron chi connectivity index (χ4n) is 2.10. The van der Waals surface area contributed by atoms with E-state index in [-0.39, 0.29) is 29.8 Å².